The minimum atomic E-state index is -1.39. The normalized spacial score (nSPS) is 14.6. The summed E-state index contributed by atoms with van der Waals surface area (Å²) >= 11 is 8.03. The number of aliphatic hydroxyl groups is 1. The van der Waals surface area contributed by atoms with Gasteiger partial charge in [0.2, 0.25) is 0 Å². The van der Waals surface area contributed by atoms with E-state index in [0.29, 0.717) is 32.0 Å². The molecule has 2 aromatic rings. The highest BCUT2D eigenvalue weighted by atomic mass is 127. The summed E-state index contributed by atoms with van der Waals surface area (Å²) in [4.78, 5) is 4.49. The summed E-state index contributed by atoms with van der Waals surface area (Å²) < 4.78 is 36.2. The van der Waals surface area contributed by atoms with E-state index in [2.05, 4.69) is 32.0 Å². The first-order valence-electron chi connectivity index (χ1n) is 8.83. The lowest BCUT2D eigenvalue weighted by Crippen LogP contribution is -2.22. The fourth-order valence-corrected chi connectivity index (χ4v) is 3.71. The average molecular weight is 553 g/mol. The topological polar surface area (TPSA) is 71.8 Å². The third kappa shape index (κ3) is 6.44. The SMILES string of the molecule is CC(COc1c(I)cc(C(C)O)nc1-c1ccc(F)c(Cl)c1)=NS(=O)C(C)(C)C. The molecule has 2 unspecified atom stereocenters. The third-order valence-electron chi connectivity index (χ3n) is 3.76. The van der Waals surface area contributed by atoms with Crippen LogP contribution < -0.4 is 4.74 Å². The summed E-state index contributed by atoms with van der Waals surface area (Å²) in [6.45, 7) is 8.99. The van der Waals surface area contributed by atoms with Crippen molar-refractivity contribution in [3.8, 4) is 17.0 Å². The predicted molar refractivity (Wildman–Crippen MR) is 124 cm³/mol. The van der Waals surface area contributed by atoms with E-state index in [0.717, 1.165) is 0 Å². The van der Waals surface area contributed by atoms with Gasteiger partial charge in [-0.3, -0.25) is 0 Å². The highest BCUT2D eigenvalue weighted by Crippen LogP contribution is 2.36. The first-order chi connectivity index (χ1) is 13.4. The molecule has 1 heterocycles. The smallest absolute Gasteiger partial charge is 0.159 e. The van der Waals surface area contributed by atoms with Gasteiger partial charge < -0.3 is 9.84 Å². The molecule has 5 nitrogen and oxygen atoms in total. The van der Waals surface area contributed by atoms with Crippen LogP contribution in [0.4, 0.5) is 4.39 Å². The van der Waals surface area contributed by atoms with Crippen LogP contribution >= 0.6 is 34.2 Å². The second kappa shape index (κ2) is 9.80. The molecule has 29 heavy (non-hydrogen) atoms. The molecule has 0 amide bonds. The van der Waals surface area contributed by atoms with Crippen molar-refractivity contribution in [2.24, 2.45) is 4.40 Å². The van der Waals surface area contributed by atoms with Gasteiger partial charge in [0.15, 0.2) is 5.75 Å². The van der Waals surface area contributed by atoms with Gasteiger partial charge in [-0.25, -0.2) is 13.6 Å². The van der Waals surface area contributed by atoms with Gasteiger partial charge in [-0.2, -0.15) is 4.40 Å². The van der Waals surface area contributed by atoms with Gasteiger partial charge in [0.1, 0.15) is 29.1 Å². The first-order valence-corrected chi connectivity index (χ1v) is 11.4. The Balaban J connectivity index is 2.44. The zero-order valence-corrected chi connectivity index (χ0v) is 20.5. The van der Waals surface area contributed by atoms with Crippen LogP contribution in [0.25, 0.3) is 11.3 Å². The molecule has 1 aromatic carbocycles. The number of hydrogen-bond acceptors (Lipinski definition) is 4. The Labute approximate surface area is 191 Å². The number of benzene rings is 1. The van der Waals surface area contributed by atoms with Crippen molar-refractivity contribution in [3.05, 3.63) is 44.4 Å². The molecule has 0 aliphatic carbocycles. The molecule has 9 heteroatoms. The van der Waals surface area contributed by atoms with Gasteiger partial charge in [0.25, 0.3) is 0 Å². The molecule has 0 aliphatic heterocycles. The zero-order chi connectivity index (χ0) is 21.9. The molecular formula is C20H23ClFIN2O3S. The van der Waals surface area contributed by atoms with Crippen molar-refractivity contribution in [3.63, 3.8) is 0 Å². The largest absolute Gasteiger partial charge is 0.484 e. The third-order valence-corrected chi connectivity index (χ3v) is 6.37. The maximum absolute atomic E-state index is 13.6. The fourth-order valence-electron chi connectivity index (χ4n) is 2.19. The molecular weight excluding hydrogens is 530 g/mol. The van der Waals surface area contributed by atoms with Gasteiger partial charge >= 0.3 is 0 Å². The quantitative estimate of drug-likeness (QED) is 0.379. The van der Waals surface area contributed by atoms with E-state index in [-0.39, 0.29) is 11.6 Å². The molecule has 0 bridgehead atoms. The van der Waals surface area contributed by atoms with E-state index in [1.54, 1.807) is 26.0 Å². The number of pyridine rings is 1. The Kier molecular flexibility index (Phi) is 8.17. The number of ether oxygens (including phenoxy) is 1. The molecule has 2 atom stereocenters. The summed E-state index contributed by atoms with van der Waals surface area (Å²) in [5, 5.41) is 9.92. The van der Waals surface area contributed by atoms with Crippen molar-refractivity contribution in [2.75, 3.05) is 6.61 Å². The molecule has 158 valence electrons. The molecule has 0 saturated heterocycles. The predicted octanol–water partition coefficient (Wildman–Crippen LogP) is 5.50. The van der Waals surface area contributed by atoms with Crippen molar-refractivity contribution in [1.29, 1.82) is 0 Å². The molecule has 0 saturated carbocycles. The van der Waals surface area contributed by atoms with E-state index in [9.17, 15) is 13.7 Å². The lowest BCUT2D eigenvalue weighted by atomic mass is 10.1. The zero-order valence-electron chi connectivity index (χ0n) is 16.8. The van der Waals surface area contributed by atoms with Crippen LogP contribution in [0.15, 0.2) is 28.7 Å². The molecule has 1 aromatic heterocycles. The van der Waals surface area contributed by atoms with Crippen molar-refractivity contribution < 1.29 is 18.4 Å². The van der Waals surface area contributed by atoms with E-state index < -0.39 is 27.7 Å². The van der Waals surface area contributed by atoms with E-state index in [1.165, 1.54) is 12.1 Å². The van der Waals surface area contributed by atoms with Crippen LogP contribution in [0.2, 0.25) is 5.02 Å². The Bertz CT molecular complexity index is 961. The van der Waals surface area contributed by atoms with Crippen molar-refractivity contribution >= 4 is 50.9 Å². The number of aliphatic hydroxyl groups excluding tert-OH is 1. The summed E-state index contributed by atoms with van der Waals surface area (Å²) in [5.41, 5.74) is 2.01. The minimum Gasteiger partial charge on any atom is -0.484 e. The van der Waals surface area contributed by atoms with Crippen LogP contribution in [0.3, 0.4) is 0 Å². The van der Waals surface area contributed by atoms with Gasteiger partial charge in [-0.1, -0.05) is 11.6 Å². The van der Waals surface area contributed by atoms with E-state index in [1.807, 2.05) is 20.8 Å². The number of rotatable bonds is 6. The van der Waals surface area contributed by atoms with Crippen LogP contribution in [0.5, 0.6) is 5.75 Å². The number of aromatic nitrogens is 1. The fraction of sp³-hybridized carbons (Fsp3) is 0.400. The highest BCUT2D eigenvalue weighted by Gasteiger charge is 2.20. The summed E-state index contributed by atoms with van der Waals surface area (Å²) in [6.07, 6.45) is -0.787. The van der Waals surface area contributed by atoms with Crippen LogP contribution in [-0.4, -0.2) is 31.4 Å². The second-order valence-corrected chi connectivity index (χ2v) is 11.0. The maximum atomic E-state index is 13.6. The van der Waals surface area contributed by atoms with Crippen molar-refractivity contribution in [1.82, 2.24) is 4.98 Å². The molecule has 0 radical (unpaired) electrons. The number of hydrogen-bond donors (Lipinski definition) is 1. The molecule has 2 rings (SSSR count). The summed E-state index contributed by atoms with van der Waals surface area (Å²) in [6, 6.07) is 5.98. The Morgan fingerprint density at radius 1 is 1.41 bits per heavy atom. The molecule has 1 N–H and O–H groups in total. The average Bonchev–Trinajstić information content (AvgIpc) is 2.61. The van der Waals surface area contributed by atoms with Crippen molar-refractivity contribution in [2.45, 2.75) is 45.5 Å². The maximum Gasteiger partial charge on any atom is 0.159 e. The Morgan fingerprint density at radius 2 is 2.07 bits per heavy atom. The lowest BCUT2D eigenvalue weighted by Gasteiger charge is -2.17. The second-order valence-electron chi connectivity index (χ2n) is 7.49. The Hall–Kier alpha value is -1.10. The number of nitrogens with zero attached hydrogens (tertiary/aromatic N) is 2. The summed E-state index contributed by atoms with van der Waals surface area (Å²) in [5.74, 6) is -0.0827. The lowest BCUT2D eigenvalue weighted by molar-refractivity contribution is 0.194. The first kappa shape index (κ1) is 24.2. The van der Waals surface area contributed by atoms with Crippen LogP contribution in [-0.2, 0) is 11.0 Å². The van der Waals surface area contributed by atoms with Crippen LogP contribution in [0.1, 0.15) is 46.4 Å². The Morgan fingerprint density at radius 3 is 2.62 bits per heavy atom. The molecule has 0 aliphatic rings. The highest BCUT2D eigenvalue weighted by molar-refractivity contribution is 14.1. The minimum absolute atomic E-state index is 0.0361. The van der Waals surface area contributed by atoms with Crippen LogP contribution in [0, 0.1) is 9.39 Å². The van der Waals surface area contributed by atoms with Gasteiger partial charge in [0.05, 0.1) is 30.8 Å². The molecule has 0 fully saturated rings. The van der Waals surface area contributed by atoms with Gasteiger partial charge in [0, 0.05) is 5.56 Å². The summed E-state index contributed by atoms with van der Waals surface area (Å²) in [7, 11) is -1.39. The monoisotopic (exact) mass is 552 g/mol. The van der Waals surface area contributed by atoms with E-state index in [4.69, 9.17) is 16.3 Å². The van der Waals surface area contributed by atoms with Gasteiger partial charge in [-0.15, -0.1) is 0 Å². The van der Waals surface area contributed by atoms with Gasteiger partial charge in [-0.05, 0) is 81.5 Å². The standard InChI is InChI=1S/C20H23ClFIN2O3S/c1-11(25-29(27)20(3,4)5)10-28-19-16(23)9-17(12(2)26)24-18(19)13-6-7-15(22)14(21)8-13/h6-9,12,26H,10H2,1-5H3. The van der Waals surface area contributed by atoms with E-state index >= 15 is 0 Å². The number of halogens is 3. The molecule has 0 spiro atoms.